The van der Waals surface area contributed by atoms with Crippen LogP contribution < -0.4 is 0 Å². The molecule has 6 nitrogen and oxygen atoms in total. The summed E-state index contributed by atoms with van der Waals surface area (Å²) in [4.78, 5) is 29.0. The molecule has 0 aliphatic carbocycles. The van der Waals surface area contributed by atoms with Crippen LogP contribution in [-0.2, 0) is 9.53 Å². The molecule has 0 unspecified atom stereocenters. The van der Waals surface area contributed by atoms with E-state index in [-0.39, 0.29) is 21.8 Å². The van der Waals surface area contributed by atoms with Crippen LogP contribution in [0.4, 0.5) is 0 Å². The number of aromatic nitrogens is 2. The first-order valence-electron chi connectivity index (χ1n) is 4.00. The Hall–Kier alpha value is -1.34. The van der Waals surface area contributed by atoms with E-state index in [1.54, 1.807) is 0 Å². The second kappa shape index (κ2) is 5.66. The highest BCUT2D eigenvalue weighted by Gasteiger charge is 2.11. The SMILES string of the molecule is COC(=O)CSc1nc(Cl)cc(C(=O)O)n1. The van der Waals surface area contributed by atoms with E-state index < -0.39 is 11.9 Å². The second-order valence-corrected chi connectivity index (χ2v) is 3.86. The lowest BCUT2D eigenvalue weighted by Crippen LogP contribution is -2.06. The maximum Gasteiger partial charge on any atom is 0.354 e. The van der Waals surface area contributed by atoms with Crippen molar-refractivity contribution >= 4 is 35.3 Å². The van der Waals surface area contributed by atoms with E-state index in [9.17, 15) is 9.59 Å². The lowest BCUT2D eigenvalue weighted by molar-refractivity contribution is -0.137. The average molecular weight is 263 g/mol. The van der Waals surface area contributed by atoms with Crippen molar-refractivity contribution in [1.82, 2.24) is 9.97 Å². The summed E-state index contributed by atoms with van der Waals surface area (Å²) in [5, 5.41) is 8.84. The predicted octanol–water partition coefficient (Wildman–Crippen LogP) is 1.09. The molecular weight excluding hydrogens is 256 g/mol. The highest BCUT2D eigenvalue weighted by molar-refractivity contribution is 7.99. The topological polar surface area (TPSA) is 89.4 Å². The van der Waals surface area contributed by atoms with E-state index in [4.69, 9.17) is 16.7 Å². The summed E-state index contributed by atoms with van der Waals surface area (Å²) < 4.78 is 4.42. The van der Waals surface area contributed by atoms with Crippen molar-refractivity contribution in [2.45, 2.75) is 5.16 Å². The zero-order valence-corrected chi connectivity index (χ0v) is 9.71. The molecule has 1 aromatic heterocycles. The quantitative estimate of drug-likeness (QED) is 0.376. The third-order valence-corrected chi connectivity index (χ3v) is 2.45. The van der Waals surface area contributed by atoms with Gasteiger partial charge < -0.3 is 9.84 Å². The predicted molar refractivity (Wildman–Crippen MR) is 56.7 cm³/mol. The largest absolute Gasteiger partial charge is 0.477 e. The van der Waals surface area contributed by atoms with Gasteiger partial charge in [-0.2, -0.15) is 0 Å². The zero-order chi connectivity index (χ0) is 12.1. The number of aromatic carboxylic acids is 1. The smallest absolute Gasteiger partial charge is 0.354 e. The van der Waals surface area contributed by atoms with Crippen molar-refractivity contribution in [2.75, 3.05) is 12.9 Å². The van der Waals surface area contributed by atoms with Gasteiger partial charge in [0.15, 0.2) is 10.9 Å². The number of carbonyl (C=O) groups is 2. The summed E-state index contributed by atoms with van der Waals surface area (Å²) >= 11 is 6.55. The van der Waals surface area contributed by atoms with E-state index in [0.29, 0.717) is 0 Å². The van der Waals surface area contributed by atoms with Crippen LogP contribution in [0, 0.1) is 0 Å². The minimum Gasteiger partial charge on any atom is -0.477 e. The molecule has 0 aliphatic rings. The van der Waals surface area contributed by atoms with Crippen molar-refractivity contribution in [3.05, 3.63) is 16.9 Å². The molecule has 0 atom stereocenters. The highest BCUT2D eigenvalue weighted by Crippen LogP contribution is 2.16. The Morgan fingerprint density at radius 3 is 2.81 bits per heavy atom. The fourth-order valence-corrected chi connectivity index (χ4v) is 1.68. The zero-order valence-electron chi connectivity index (χ0n) is 8.14. The summed E-state index contributed by atoms with van der Waals surface area (Å²) in [6.07, 6.45) is 0. The van der Waals surface area contributed by atoms with Gasteiger partial charge in [-0.25, -0.2) is 14.8 Å². The van der Waals surface area contributed by atoms with Gasteiger partial charge in [-0.3, -0.25) is 4.79 Å². The van der Waals surface area contributed by atoms with Crippen LogP contribution in [0.3, 0.4) is 0 Å². The van der Waals surface area contributed by atoms with Crippen LogP contribution in [0.15, 0.2) is 11.2 Å². The monoisotopic (exact) mass is 262 g/mol. The standard InChI is InChI=1S/C8H7ClN2O4S/c1-15-6(12)3-16-8-10-4(7(13)14)2-5(9)11-8/h2H,3H2,1H3,(H,13,14). The van der Waals surface area contributed by atoms with Gasteiger partial charge in [-0.15, -0.1) is 0 Å². The summed E-state index contributed by atoms with van der Waals surface area (Å²) in [5.74, 6) is -1.66. The Bertz CT molecular complexity index is 426. The first-order chi connectivity index (χ1) is 7.52. The Balaban J connectivity index is 2.80. The van der Waals surface area contributed by atoms with Gasteiger partial charge in [-0.05, 0) is 0 Å². The van der Waals surface area contributed by atoms with E-state index in [1.165, 1.54) is 7.11 Å². The molecule has 0 saturated carbocycles. The van der Waals surface area contributed by atoms with Crippen LogP contribution in [0.2, 0.25) is 5.15 Å². The number of esters is 1. The lowest BCUT2D eigenvalue weighted by Gasteiger charge is -2.01. The highest BCUT2D eigenvalue weighted by atomic mass is 35.5. The van der Waals surface area contributed by atoms with Crippen molar-refractivity contribution in [2.24, 2.45) is 0 Å². The number of hydrogen-bond acceptors (Lipinski definition) is 6. The minimum atomic E-state index is -1.20. The number of carboxylic acid groups (broad SMARTS) is 1. The van der Waals surface area contributed by atoms with Gasteiger partial charge in [0.2, 0.25) is 0 Å². The average Bonchev–Trinajstić information content (AvgIpc) is 2.25. The fraction of sp³-hybridized carbons (Fsp3) is 0.250. The molecule has 1 aromatic rings. The summed E-state index contributed by atoms with van der Waals surface area (Å²) in [5.41, 5.74) is -0.215. The Morgan fingerprint density at radius 1 is 1.56 bits per heavy atom. The number of rotatable bonds is 4. The molecule has 86 valence electrons. The number of methoxy groups -OCH3 is 1. The van der Waals surface area contributed by atoms with Gasteiger partial charge in [0.25, 0.3) is 0 Å². The number of hydrogen-bond donors (Lipinski definition) is 1. The molecule has 0 spiro atoms. The molecule has 1 heterocycles. The Labute approximate surface area is 100.0 Å². The molecule has 0 radical (unpaired) electrons. The van der Waals surface area contributed by atoms with Gasteiger partial charge in [0, 0.05) is 6.07 Å². The molecule has 0 amide bonds. The number of carboxylic acids is 1. The van der Waals surface area contributed by atoms with Crippen LogP contribution in [-0.4, -0.2) is 39.9 Å². The normalized spacial score (nSPS) is 9.88. The number of nitrogens with zero attached hydrogens (tertiary/aromatic N) is 2. The maximum atomic E-state index is 10.8. The van der Waals surface area contributed by atoms with Crippen LogP contribution in [0.1, 0.15) is 10.5 Å². The number of halogens is 1. The number of carbonyl (C=O) groups excluding carboxylic acids is 1. The Kier molecular flexibility index (Phi) is 4.51. The van der Waals surface area contributed by atoms with Crippen molar-refractivity contribution in [3.63, 3.8) is 0 Å². The molecule has 8 heteroatoms. The number of ether oxygens (including phenoxy) is 1. The molecule has 0 saturated heterocycles. The van der Waals surface area contributed by atoms with E-state index in [1.807, 2.05) is 0 Å². The summed E-state index contributed by atoms with van der Waals surface area (Å²) in [7, 11) is 1.25. The molecule has 0 aliphatic heterocycles. The summed E-state index contributed by atoms with van der Waals surface area (Å²) in [6, 6.07) is 1.13. The fourth-order valence-electron chi connectivity index (χ4n) is 0.753. The first-order valence-corrected chi connectivity index (χ1v) is 5.36. The molecular formula is C8H7ClN2O4S. The first kappa shape index (κ1) is 12.7. The van der Waals surface area contributed by atoms with Crippen LogP contribution >= 0.6 is 23.4 Å². The van der Waals surface area contributed by atoms with E-state index >= 15 is 0 Å². The molecule has 1 rings (SSSR count). The van der Waals surface area contributed by atoms with Crippen molar-refractivity contribution in [3.8, 4) is 0 Å². The Morgan fingerprint density at radius 2 is 2.25 bits per heavy atom. The third-order valence-electron chi connectivity index (χ3n) is 1.44. The summed E-state index contributed by atoms with van der Waals surface area (Å²) in [6.45, 7) is 0. The van der Waals surface area contributed by atoms with Gasteiger partial charge in [0.1, 0.15) is 5.15 Å². The van der Waals surface area contributed by atoms with E-state index in [2.05, 4.69) is 14.7 Å². The van der Waals surface area contributed by atoms with Crippen LogP contribution in [0.5, 0.6) is 0 Å². The van der Waals surface area contributed by atoms with Gasteiger partial charge in [0.05, 0.1) is 12.9 Å². The molecule has 1 N–H and O–H groups in total. The molecule has 16 heavy (non-hydrogen) atoms. The van der Waals surface area contributed by atoms with Gasteiger partial charge >= 0.3 is 11.9 Å². The second-order valence-electron chi connectivity index (χ2n) is 2.53. The van der Waals surface area contributed by atoms with Gasteiger partial charge in [-0.1, -0.05) is 23.4 Å². The molecule has 0 bridgehead atoms. The molecule has 0 fully saturated rings. The molecule has 0 aromatic carbocycles. The lowest BCUT2D eigenvalue weighted by atomic mass is 10.4. The minimum absolute atomic E-state index is 0.00407. The maximum absolute atomic E-state index is 10.8. The van der Waals surface area contributed by atoms with Crippen molar-refractivity contribution in [1.29, 1.82) is 0 Å². The van der Waals surface area contributed by atoms with E-state index in [0.717, 1.165) is 17.8 Å². The third kappa shape index (κ3) is 3.67. The van der Waals surface area contributed by atoms with Crippen LogP contribution in [0.25, 0.3) is 0 Å². The van der Waals surface area contributed by atoms with Crippen molar-refractivity contribution < 1.29 is 19.4 Å². The number of thioether (sulfide) groups is 1.